The first kappa shape index (κ1) is 16.2. The van der Waals surface area contributed by atoms with E-state index in [4.69, 9.17) is 27.9 Å². The first-order valence-corrected chi connectivity index (χ1v) is 7.63. The number of hydrogen-bond acceptors (Lipinski definition) is 2. The molecular formula is C16H19Cl2NO2. The summed E-state index contributed by atoms with van der Waals surface area (Å²) in [6.07, 6.45) is 2.51. The number of halogens is 2. The third-order valence-electron chi connectivity index (χ3n) is 3.09. The third-order valence-corrected chi connectivity index (χ3v) is 3.53. The van der Waals surface area contributed by atoms with Crippen LogP contribution in [0.3, 0.4) is 0 Å². The van der Waals surface area contributed by atoms with Crippen LogP contribution in [0.25, 0.3) is 5.57 Å². The van der Waals surface area contributed by atoms with Crippen LogP contribution in [0.2, 0.25) is 10.0 Å². The van der Waals surface area contributed by atoms with Gasteiger partial charge in [-0.15, -0.1) is 0 Å². The molecule has 0 saturated heterocycles. The molecule has 21 heavy (non-hydrogen) atoms. The topological polar surface area (TPSA) is 29.5 Å². The highest BCUT2D eigenvalue weighted by atomic mass is 35.5. The van der Waals surface area contributed by atoms with Gasteiger partial charge in [-0.2, -0.15) is 0 Å². The van der Waals surface area contributed by atoms with Gasteiger partial charge in [-0.3, -0.25) is 0 Å². The lowest BCUT2D eigenvalue weighted by Crippen LogP contribution is -2.39. The Morgan fingerprint density at radius 1 is 1.19 bits per heavy atom. The Labute approximate surface area is 135 Å². The lowest BCUT2D eigenvalue weighted by atomic mass is 10.00. The van der Waals surface area contributed by atoms with Gasteiger partial charge in [-0.25, -0.2) is 4.79 Å². The zero-order valence-electron chi connectivity index (χ0n) is 12.5. The van der Waals surface area contributed by atoms with Gasteiger partial charge >= 0.3 is 6.09 Å². The Morgan fingerprint density at radius 3 is 2.29 bits per heavy atom. The molecule has 0 fully saturated rings. The lowest BCUT2D eigenvalue weighted by Gasteiger charge is -2.29. The Kier molecular flexibility index (Phi) is 4.84. The molecule has 0 radical (unpaired) electrons. The van der Waals surface area contributed by atoms with Crippen LogP contribution < -0.4 is 0 Å². The van der Waals surface area contributed by atoms with Gasteiger partial charge in [0, 0.05) is 23.1 Å². The summed E-state index contributed by atoms with van der Waals surface area (Å²) >= 11 is 12.0. The van der Waals surface area contributed by atoms with Gasteiger partial charge in [0.15, 0.2) is 0 Å². The van der Waals surface area contributed by atoms with Gasteiger partial charge in [-0.1, -0.05) is 29.3 Å². The lowest BCUT2D eigenvalue weighted by molar-refractivity contribution is 0.0270. The van der Waals surface area contributed by atoms with Crippen LogP contribution in [0.4, 0.5) is 4.79 Å². The molecule has 0 atom stereocenters. The number of nitrogens with zero attached hydrogens (tertiary/aromatic N) is 1. The fourth-order valence-electron chi connectivity index (χ4n) is 2.16. The van der Waals surface area contributed by atoms with Crippen LogP contribution >= 0.6 is 23.2 Å². The minimum Gasteiger partial charge on any atom is -0.444 e. The Balaban J connectivity index is 2.06. The smallest absolute Gasteiger partial charge is 0.410 e. The standard InChI is InChI=1S/C16H19Cl2NO2/c1-16(2,3)21-15(20)19-6-4-11(5-7-19)12-8-13(17)10-14(18)9-12/h4,8-10H,5-7H2,1-3H3. The summed E-state index contributed by atoms with van der Waals surface area (Å²) in [7, 11) is 0. The molecule has 1 heterocycles. The van der Waals surface area contributed by atoms with E-state index in [2.05, 4.69) is 0 Å². The van der Waals surface area contributed by atoms with Crippen molar-refractivity contribution >= 4 is 34.9 Å². The van der Waals surface area contributed by atoms with E-state index in [1.165, 1.54) is 0 Å². The molecule has 3 nitrogen and oxygen atoms in total. The summed E-state index contributed by atoms with van der Waals surface area (Å²) in [5.74, 6) is 0. The molecule has 0 spiro atoms. The van der Waals surface area contributed by atoms with Crippen molar-refractivity contribution in [1.82, 2.24) is 4.90 Å². The maximum atomic E-state index is 12.0. The zero-order valence-corrected chi connectivity index (χ0v) is 14.0. The number of hydrogen-bond donors (Lipinski definition) is 0. The molecule has 0 unspecified atom stereocenters. The molecule has 0 aromatic heterocycles. The highest BCUT2D eigenvalue weighted by molar-refractivity contribution is 6.34. The molecule has 1 aliphatic rings. The Morgan fingerprint density at radius 2 is 1.81 bits per heavy atom. The van der Waals surface area contributed by atoms with E-state index in [-0.39, 0.29) is 6.09 Å². The number of carbonyl (C=O) groups is 1. The van der Waals surface area contributed by atoms with Crippen molar-refractivity contribution in [2.75, 3.05) is 13.1 Å². The van der Waals surface area contributed by atoms with E-state index in [0.717, 1.165) is 17.6 Å². The largest absolute Gasteiger partial charge is 0.444 e. The first-order valence-electron chi connectivity index (χ1n) is 6.88. The van der Waals surface area contributed by atoms with Crippen LogP contribution in [-0.4, -0.2) is 29.7 Å². The van der Waals surface area contributed by atoms with E-state index in [9.17, 15) is 4.79 Å². The summed E-state index contributed by atoms with van der Waals surface area (Å²) in [4.78, 5) is 13.7. The number of rotatable bonds is 1. The van der Waals surface area contributed by atoms with Crippen LogP contribution in [0.15, 0.2) is 24.3 Å². The summed E-state index contributed by atoms with van der Waals surface area (Å²) in [5, 5.41) is 1.24. The Hall–Kier alpha value is -1.19. The molecule has 0 N–H and O–H groups in total. The number of benzene rings is 1. The van der Waals surface area contributed by atoms with Crippen molar-refractivity contribution in [3.8, 4) is 0 Å². The summed E-state index contributed by atoms with van der Waals surface area (Å²) in [6.45, 7) is 6.76. The number of amides is 1. The third kappa shape index (κ3) is 4.65. The molecule has 1 amide bonds. The van der Waals surface area contributed by atoms with E-state index in [1.54, 1.807) is 11.0 Å². The van der Waals surface area contributed by atoms with Crippen LogP contribution in [0.5, 0.6) is 0 Å². The Bertz CT molecular complexity index is 556. The monoisotopic (exact) mass is 327 g/mol. The summed E-state index contributed by atoms with van der Waals surface area (Å²) in [6, 6.07) is 5.49. The number of ether oxygens (including phenoxy) is 1. The molecule has 1 aliphatic heterocycles. The van der Waals surface area contributed by atoms with Crippen LogP contribution in [0.1, 0.15) is 32.8 Å². The maximum Gasteiger partial charge on any atom is 0.410 e. The molecule has 5 heteroatoms. The fourth-order valence-corrected chi connectivity index (χ4v) is 2.69. The molecule has 0 saturated carbocycles. The molecular weight excluding hydrogens is 309 g/mol. The number of carbonyl (C=O) groups excluding carboxylic acids is 1. The van der Waals surface area contributed by atoms with Crippen molar-refractivity contribution in [3.05, 3.63) is 39.9 Å². The SMILES string of the molecule is CC(C)(C)OC(=O)N1CC=C(c2cc(Cl)cc(Cl)c2)CC1. The van der Waals surface area contributed by atoms with E-state index in [1.807, 2.05) is 39.0 Å². The quantitative estimate of drug-likeness (QED) is 0.724. The fraction of sp³-hybridized carbons (Fsp3) is 0.438. The van der Waals surface area contributed by atoms with Gasteiger partial charge in [0.2, 0.25) is 0 Å². The van der Waals surface area contributed by atoms with Crippen molar-refractivity contribution in [2.45, 2.75) is 32.8 Å². The predicted octanol–water partition coefficient (Wildman–Crippen LogP) is 5.02. The normalized spacial score (nSPS) is 15.7. The molecule has 1 aromatic rings. The summed E-state index contributed by atoms with van der Waals surface area (Å²) < 4.78 is 5.37. The van der Waals surface area contributed by atoms with E-state index < -0.39 is 5.60 Å². The second-order valence-electron chi connectivity index (χ2n) is 6.06. The molecule has 0 bridgehead atoms. The minimum atomic E-state index is -0.471. The summed E-state index contributed by atoms with van der Waals surface area (Å²) in [5.41, 5.74) is 1.69. The molecule has 0 aliphatic carbocycles. The average molecular weight is 328 g/mol. The van der Waals surface area contributed by atoms with Crippen molar-refractivity contribution in [2.24, 2.45) is 0 Å². The second-order valence-corrected chi connectivity index (χ2v) is 6.94. The van der Waals surface area contributed by atoms with Gasteiger partial charge in [-0.05, 0) is 56.5 Å². The zero-order chi connectivity index (χ0) is 15.6. The second kappa shape index (κ2) is 6.29. The van der Waals surface area contributed by atoms with Crippen LogP contribution in [0, 0.1) is 0 Å². The van der Waals surface area contributed by atoms with Gasteiger partial charge < -0.3 is 9.64 Å². The van der Waals surface area contributed by atoms with Crippen molar-refractivity contribution < 1.29 is 9.53 Å². The minimum absolute atomic E-state index is 0.276. The maximum absolute atomic E-state index is 12.0. The van der Waals surface area contributed by atoms with Gasteiger partial charge in [0.05, 0.1) is 0 Å². The molecule has 114 valence electrons. The van der Waals surface area contributed by atoms with E-state index >= 15 is 0 Å². The van der Waals surface area contributed by atoms with Crippen molar-refractivity contribution in [3.63, 3.8) is 0 Å². The highest BCUT2D eigenvalue weighted by Gasteiger charge is 2.23. The highest BCUT2D eigenvalue weighted by Crippen LogP contribution is 2.28. The average Bonchev–Trinajstić information content (AvgIpc) is 2.35. The molecule has 2 rings (SSSR count). The molecule has 1 aromatic carbocycles. The van der Waals surface area contributed by atoms with E-state index in [0.29, 0.717) is 23.1 Å². The van der Waals surface area contributed by atoms with Gasteiger partial charge in [0.25, 0.3) is 0 Å². The van der Waals surface area contributed by atoms with Gasteiger partial charge in [0.1, 0.15) is 5.60 Å². The predicted molar refractivity (Wildman–Crippen MR) is 86.9 cm³/mol. The van der Waals surface area contributed by atoms with Crippen molar-refractivity contribution in [1.29, 1.82) is 0 Å². The van der Waals surface area contributed by atoms with Crippen LogP contribution in [-0.2, 0) is 4.74 Å². The first-order chi connectivity index (χ1) is 9.74.